The predicted molar refractivity (Wildman–Crippen MR) is 222 cm³/mol. The molecule has 4 rings (SSSR count). The highest BCUT2D eigenvalue weighted by Gasteiger charge is 2.22. The lowest BCUT2D eigenvalue weighted by atomic mass is 10.1. The molecule has 1 unspecified atom stereocenters. The summed E-state index contributed by atoms with van der Waals surface area (Å²) in [6.07, 6.45) is 26.8. The lowest BCUT2D eigenvalue weighted by Crippen LogP contribution is -2.03. The van der Waals surface area contributed by atoms with E-state index in [2.05, 4.69) is 38.1 Å². The number of rotatable bonds is 34. The van der Waals surface area contributed by atoms with Gasteiger partial charge in [-0.15, -0.1) is 0 Å². The van der Waals surface area contributed by atoms with Crippen molar-refractivity contribution in [1.29, 1.82) is 0 Å². The minimum absolute atomic E-state index is 0.226. The third-order valence-electron chi connectivity index (χ3n) is 10.1. The average Bonchev–Trinajstić information content (AvgIpc) is 4.03. The standard InChI is InChI=1S/C48H72O6/c1-3-5-7-9-11-13-15-17-19-21-31-50-44-27-23-41(24-28-44)37-52-46-33-43(36-49-39-48-40-54-48)34-47(35-46)53-38-42-25-29-45(30-26-42)51-32-22-20-18-16-14-12-10-8-6-4-2/h23-30,33-35,48H,3-22,31-32,36-40H2,1-2H3. The van der Waals surface area contributed by atoms with E-state index in [-0.39, 0.29) is 6.10 Å². The fraction of sp³-hybridized carbons (Fsp3) is 0.625. The maximum Gasteiger partial charge on any atom is 0.123 e. The minimum Gasteiger partial charge on any atom is -0.494 e. The van der Waals surface area contributed by atoms with Crippen molar-refractivity contribution in [3.63, 3.8) is 0 Å². The van der Waals surface area contributed by atoms with Crippen LogP contribution in [0, 0.1) is 0 Å². The van der Waals surface area contributed by atoms with Gasteiger partial charge in [0.05, 0.1) is 33.0 Å². The summed E-state index contributed by atoms with van der Waals surface area (Å²) < 4.78 is 35.8. The van der Waals surface area contributed by atoms with Crippen LogP contribution in [-0.2, 0) is 29.3 Å². The van der Waals surface area contributed by atoms with Gasteiger partial charge in [-0.2, -0.15) is 0 Å². The zero-order valence-electron chi connectivity index (χ0n) is 34.0. The van der Waals surface area contributed by atoms with Gasteiger partial charge in [-0.3, -0.25) is 0 Å². The molecule has 1 heterocycles. The molecule has 1 atom stereocenters. The highest BCUT2D eigenvalue weighted by Crippen LogP contribution is 2.27. The molecule has 6 nitrogen and oxygen atoms in total. The molecule has 0 aromatic heterocycles. The van der Waals surface area contributed by atoms with Crippen LogP contribution in [0.2, 0.25) is 0 Å². The van der Waals surface area contributed by atoms with E-state index >= 15 is 0 Å². The Bertz CT molecular complexity index is 1240. The maximum absolute atomic E-state index is 6.27. The van der Waals surface area contributed by atoms with Crippen LogP contribution in [0.5, 0.6) is 23.0 Å². The summed E-state index contributed by atoms with van der Waals surface area (Å²) in [7, 11) is 0. The van der Waals surface area contributed by atoms with Crippen molar-refractivity contribution in [2.45, 2.75) is 168 Å². The van der Waals surface area contributed by atoms with E-state index in [0.717, 1.165) is 72.4 Å². The van der Waals surface area contributed by atoms with Crippen molar-refractivity contribution < 1.29 is 28.4 Å². The monoisotopic (exact) mass is 745 g/mol. The number of hydrogen-bond donors (Lipinski definition) is 0. The fourth-order valence-electron chi connectivity index (χ4n) is 6.61. The summed E-state index contributed by atoms with van der Waals surface area (Å²) >= 11 is 0. The molecule has 0 amide bonds. The van der Waals surface area contributed by atoms with E-state index in [4.69, 9.17) is 28.4 Å². The smallest absolute Gasteiger partial charge is 0.123 e. The first-order chi connectivity index (χ1) is 26.7. The van der Waals surface area contributed by atoms with Crippen LogP contribution in [0.25, 0.3) is 0 Å². The molecule has 0 aliphatic carbocycles. The topological polar surface area (TPSA) is 58.7 Å². The molecular formula is C48H72O6. The van der Waals surface area contributed by atoms with Crippen molar-refractivity contribution >= 4 is 0 Å². The molecule has 0 N–H and O–H groups in total. The van der Waals surface area contributed by atoms with Crippen LogP contribution < -0.4 is 18.9 Å². The second kappa shape index (κ2) is 28.2. The van der Waals surface area contributed by atoms with Crippen molar-refractivity contribution in [3.05, 3.63) is 83.4 Å². The van der Waals surface area contributed by atoms with Crippen LogP contribution in [0.3, 0.4) is 0 Å². The highest BCUT2D eigenvalue weighted by atomic mass is 16.6. The van der Waals surface area contributed by atoms with Crippen molar-refractivity contribution in [3.8, 4) is 23.0 Å². The lowest BCUT2D eigenvalue weighted by Gasteiger charge is -2.14. The van der Waals surface area contributed by atoms with E-state index < -0.39 is 0 Å². The van der Waals surface area contributed by atoms with E-state index in [1.807, 2.05) is 42.5 Å². The second-order valence-electron chi connectivity index (χ2n) is 15.2. The molecule has 0 radical (unpaired) electrons. The van der Waals surface area contributed by atoms with Gasteiger partial charge in [-0.25, -0.2) is 0 Å². The van der Waals surface area contributed by atoms with Gasteiger partial charge in [-0.05, 0) is 65.9 Å². The summed E-state index contributed by atoms with van der Waals surface area (Å²) in [6.45, 7) is 8.87. The molecule has 1 saturated heterocycles. The molecule has 6 heteroatoms. The van der Waals surface area contributed by atoms with Crippen LogP contribution in [0.15, 0.2) is 66.7 Å². The van der Waals surface area contributed by atoms with Gasteiger partial charge in [-0.1, -0.05) is 154 Å². The molecule has 300 valence electrons. The van der Waals surface area contributed by atoms with E-state index in [1.54, 1.807) is 0 Å². The van der Waals surface area contributed by atoms with Gasteiger partial charge in [0.2, 0.25) is 0 Å². The van der Waals surface area contributed by atoms with Gasteiger partial charge < -0.3 is 28.4 Å². The van der Waals surface area contributed by atoms with Crippen LogP contribution in [-0.4, -0.2) is 32.5 Å². The third-order valence-corrected chi connectivity index (χ3v) is 10.1. The van der Waals surface area contributed by atoms with E-state index in [0.29, 0.717) is 26.4 Å². The van der Waals surface area contributed by atoms with Crippen LogP contribution in [0.1, 0.15) is 159 Å². The molecule has 0 bridgehead atoms. The molecule has 1 aliphatic rings. The fourth-order valence-corrected chi connectivity index (χ4v) is 6.61. The number of benzene rings is 3. The summed E-state index contributed by atoms with van der Waals surface area (Å²) in [6, 6.07) is 22.5. The first kappa shape index (κ1) is 43.5. The Hall–Kier alpha value is -3.22. The Morgan fingerprint density at radius 1 is 0.426 bits per heavy atom. The molecule has 0 spiro atoms. The molecule has 1 fully saturated rings. The summed E-state index contributed by atoms with van der Waals surface area (Å²) in [5, 5.41) is 0. The third kappa shape index (κ3) is 20.5. The first-order valence-electron chi connectivity index (χ1n) is 21.7. The highest BCUT2D eigenvalue weighted by molar-refractivity contribution is 5.39. The summed E-state index contributed by atoms with van der Waals surface area (Å²) in [4.78, 5) is 0. The number of hydrogen-bond acceptors (Lipinski definition) is 6. The van der Waals surface area contributed by atoms with Crippen molar-refractivity contribution in [1.82, 2.24) is 0 Å². The summed E-state index contributed by atoms with van der Waals surface area (Å²) in [5.41, 5.74) is 3.19. The largest absolute Gasteiger partial charge is 0.494 e. The Kier molecular flexibility index (Phi) is 22.7. The Labute approximate surface area is 328 Å². The first-order valence-corrected chi connectivity index (χ1v) is 21.7. The molecule has 0 saturated carbocycles. The second-order valence-corrected chi connectivity index (χ2v) is 15.2. The van der Waals surface area contributed by atoms with Crippen molar-refractivity contribution in [2.75, 3.05) is 26.4 Å². The SMILES string of the molecule is CCCCCCCCCCCCOc1ccc(COc2cc(COCC3CO3)cc(OCc3ccc(OCCCCCCCCCCCC)cc3)c2)cc1. The van der Waals surface area contributed by atoms with E-state index in [9.17, 15) is 0 Å². The maximum atomic E-state index is 6.27. The zero-order chi connectivity index (χ0) is 37.7. The number of ether oxygens (including phenoxy) is 6. The van der Waals surface area contributed by atoms with Gasteiger partial charge in [0, 0.05) is 6.07 Å². The molecule has 54 heavy (non-hydrogen) atoms. The Morgan fingerprint density at radius 2 is 0.815 bits per heavy atom. The zero-order valence-corrected chi connectivity index (χ0v) is 34.0. The molecule has 3 aromatic rings. The van der Waals surface area contributed by atoms with Crippen molar-refractivity contribution in [2.24, 2.45) is 0 Å². The quantitative estimate of drug-likeness (QED) is 0.0448. The van der Waals surface area contributed by atoms with Crippen LogP contribution in [0.4, 0.5) is 0 Å². The Balaban J connectivity index is 1.14. The number of unbranched alkanes of at least 4 members (excludes halogenated alkanes) is 18. The normalized spacial score (nSPS) is 13.6. The lowest BCUT2D eigenvalue weighted by molar-refractivity contribution is 0.104. The minimum atomic E-state index is 0.226. The molecule has 1 aliphatic heterocycles. The predicted octanol–water partition coefficient (Wildman–Crippen LogP) is 13.4. The molecular weight excluding hydrogens is 673 g/mol. The number of epoxide rings is 1. The Morgan fingerprint density at radius 3 is 1.20 bits per heavy atom. The van der Waals surface area contributed by atoms with Gasteiger partial charge in [0.25, 0.3) is 0 Å². The van der Waals surface area contributed by atoms with Gasteiger partial charge >= 0.3 is 0 Å². The van der Waals surface area contributed by atoms with E-state index in [1.165, 1.54) is 116 Å². The van der Waals surface area contributed by atoms with Gasteiger partial charge in [0.1, 0.15) is 42.3 Å². The molecule has 3 aromatic carbocycles. The van der Waals surface area contributed by atoms with Gasteiger partial charge in [0.15, 0.2) is 0 Å². The summed E-state index contributed by atoms with van der Waals surface area (Å²) in [5.74, 6) is 3.34. The van der Waals surface area contributed by atoms with Crippen LogP contribution >= 0.6 is 0 Å². The average molecular weight is 745 g/mol.